The monoisotopic (exact) mass is 553 g/mol. The second kappa shape index (κ2) is 14.0. The van der Waals surface area contributed by atoms with Crippen molar-refractivity contribution in [2.24, 2.45) is 0 Å². The summed E-state index contributed by atoms with van der Waals surface area (Å²) in [4.78, 5) is 41.2. The van der Waals surface area contributed by atoms with E-state index < -0.39 is 48.5 Å². The number of esters is 1. The summed E-state index contributed by atoms with van der Waals surface area (Å²) in [6.45, 7) is 9.03. The van der Waals surface area contributed by atoms with Gasteiger partial charge in [-0.2, -0.15) is 0 Å². The van der Waals surface area contributed by atoms with Crippen LogP contribution in [-0.2, 0) is 20.7 Å². The van der Waals surface area contributed by atoms with E-state index in [1.165, 1.54) is 4.90 Å². The van der Waals surface area contributed by atoms with Gasteiger partial charge in [0.05, 0.1) is 10.6 Å². The third-order valence-corrected chi connectivity index (χ3v) is 8.60. The Morgan fingerprint density at radius 1 is 1.03 bits per heavy atom. The molecule has 0 aliphatic rings. The van der Waals surface area contributed by atoms with Gasteiger partial charge in [0.15, 0.2) is 11.6 Å². The molecule has 37 heavy (non-hydrogen) atoms. The third kappa shape index (κ3) is 9.15. The van der Waals surface area contributed by atoms with Crippen molar-refractivity contribution in [3.05, 3.63) is 70.2 Å². The van der Waals surface area contributed by atoms with Gasteiger partial charge in [-0.3, -0.25) is 9.59 Å². The van der Waals surface area contributed by atoms with Crippen LogP contribution in [-0.4, -0.2) is 59.2 Å². The van der Waals surface area contributed by atoms with Crippen LogP contribution in [0.5, 0.6) is 0 Å². The molecule has 2 rings (SSSR count). The quantitative estimate of drug-likeness (QED) is 0.130. The number of ketones is 1. The zero-order valence-corrected chi connectivity index (χ0v) is 23.7. The molecule has 0 aromatic heterocycles. The number of benzene rings is 2. The molecule has 0 heterocycles. The van der Waals surface area contributed by atoms with Gasteiger partial charge in [0, 0.05) is 25.5 Å². The standard InChI is InChI=1S/C28H35ClF2NO4P/c1-6-37(7-2)18-24(34)32(16-15-23(33)25-21(30)14-13-20(29)26(25)31)22(27(35)36-28(3,4)5)17-19-11-9-8-10-12-19/h8-14,22H,6-7,15-18H2,1-5H3. The highest BCUT2D eigenvalue weighted by molar-refractivity contribution is 7.58. The van der Waals surface area contributed by atoms with E-state index in [0.29, 0.717) is 0 Å². The summed E-state index contributed by atoms with van der Waals surface area (Å²) in [6, 6.07) is 10.1. The van der Waals surface area contributed by atoms with Crippen molar-refractivity contribution in [1.82, 2.24) is 4.90 Å². The number of hydrogen-bond acceptors (Lipinski definition) is 4. The number of amides is 1. The Hall–Kier alpha value is -2.37. The van der Waals surface area contributed by atoms with Gasteiger partial charge in [0.25, 0.3) is 0 Å². The fourth-order valence-electron chi connectivity index (χ4n) is 3.84. The van der Waals surface area contributed by atoms with Gasteiger partial charge in [-0.15, -0.1) is 0 Å². The average molecular weight is 554 g/mol. The van der Waals surface area contributed by atoms with Crippen LogP contribution in [0.1, 0.15) is 57.0 Å². The molecular weight excluding hydrogens is 519 g/mol. The summed E-state index contributed by atoms with van der Waals surface area (Å²) in [5.41, 5.74) is -0.743. The van der Waals surface area contributed by atoms with Gasteiger partial charge < -0.3 is 9.64 Å². The Kier molecular flexibility index (Phi) is 11.6. The van der Waals surface area contributed by atoms with E-state index >= 15 is 0 Å². The van der Waals surface area contributed by atoms with E-state index in [1.807, 2.05) is 44.2 Å². The number of rotatable bonds is 12. The first-order valence-corrected chi connectivity index (χ1v) is 14.6. The van der Waals surface area contributed by atoms with Crippen LogP contribution in [0.2, 0.25) is 5.02 Å². The first-order valence-electron chi connectivity index (χ1n) is 12.3. The second-order valence-electron chi connectivity index (χ2n) is 9.68. The molecule has 0 radical (unpaired) electrons. The summed E-state index contributed by atoms with van der Waals surface area (Å²) in [7, 11) is -0.608. The van der Waals surface area contributed by atoms with Crippen LogP contribution in [0.25, 0.3) is 0 Å². The zero-order valence-electron chi connectivity index (χ0n) is 22.0. The van der Waals surface area contributed by atoms with E-state index in [-0.39, 0.29) is 36.5 Å². The SMILES string of the molecule is CCP(CC)CC(=O)N(CCC(=O)c1c(F)ccc(Cl)c1F)C(Cc1ccccc1)C(=O)OC(C)(C)C. The Labute approximate surface area is 224 Å². The van der Waals surface area contributed by atoms with Gasteiger partial charge in [-0.05, 0) is 50.8 Å². The number of carbonyl (C=O) groups is 3. The molecule has 1 amide bonds. The second-order valence-corrected chi connectivity index (χ2v) is 13.0. The first-order chi connectivity index (χ1) is 17.4. The smallest absolute Gasteiger partial charge is 0.329 e. The molecule has 5 nitrogen and oxygen atoms in total. The Morgan fingerprint density at radius 3 is 2.22 bits per heavy atom. The normalized spacial score (nSPS) is 12.4. The molecule has 0 aliphatic heterocycles. The predicted molar refractivity (Wildman–Crippen MR) is 145 cm³/mol. The molecule has 9 heteroatoms. The molecule has 2 aromatic carbocycles. The van der Waals surface area contributed by atoms with Gasteiger partial charge in [0.1, 0.15) is 17.5 Å². The largest absolute Gasteiger partial charge is 0.458 e. The summed E-state index contributed by atoms with van der Waals surface area (Å²) in [5, 5.41) is -0.370. The number of halogens is 3. The molecule has 0 bridgehead atoms. The van der Waals surface area contributed by atoms with Crippen molar-refractivity contribution in [3.8, 4) is 0 Å². The minimum atomic E-state index is -1.14. The fraction of sp³-hybridized carbons (Fsp3) is 0.464. The van der Waals surface area contributed by atoms with Gasteiger partial charge in [0.2, 0.25) is 5.91 Å². The molecule has 0 fully saturated rings. The molecule has 0 saturated carbocycles. The number of carbonyl (C=O) groups excluding carboxylic acids is 3. The molecule has 2 aromatic rings. The molecule has 1 unspecified atom stereocenters. The summed E-state index contributed by atoms with van der Waals surface area (Å²) >= 11 is 5.76. The molecular formula is C28H35ClF2NO4P. The number of nitrogens with zero attached hydrogens (tertiary/aromatic N) is 1. The molecule has 0 N–H and O–H groups in total. The molecule has 1 atom stereocenters. The first kappa shape index (κ1) is 30.9. The topological polar surface area (TPSA) is 63.7 Å². The highest BCUT2D eigenvalue weighted by Crippen LogP contribution is 2.34. The molecule has 0 saturated heterocycles. The maximum absolute atomic E-state index is 14.5. The van der Waals surface area contributed by atoms with E-state index in [2.05, 4.69) is 0 Å². The third-order valence-electron chi connectivity index (χ3n) is 5.80. The van der Waals surface area contributed by atoms with Crippen LogP contribution >= 0.6 is 19.5 Å². The van der Waals surface area contributed by atoms with E-state index in [1.54, 1.807) is 20.8 Å². The van der Waals surface area contributed by atoms with Crippen molar-refractivity contribution in [2.45, 2.75) is 59.1 Å². The molecule has 0 spiro atoms. The van der Waals surface area contributed by atoms with Crippen LogP contribution in [0.4, 0.5) is 8.78 Å². The van der Waals surface area contributed by atoms with E-state index in [4.69, 9.17) is 16.3 Å². The number of Topliss-reactive ketones (excluding diaryl/α,β-unsaturated/α-hetero) is 1. The van der Waals surface area contributed by atoms with Gasteiger partial charge in [-0.1, -0.05) is 63.7 Å². The maximum Gasteiger partial charge on any atom is 0.329 e. The lowest BCUT2D eigenvalue weighted by atomic mass is 10.0. The lowest BCUT2D eigenvalue weighted by molar-refractivity contribution is -0.164. The highest BCUT2D eigenvalue weighted by Gasteiger charge is 2.35. The fourth-order valence-corrected chi connectivity index (χ4v) is 5.46. The van der Waals surface area contributed by atoms with Crippen molar-refractivity contribution >= 4 is 37.2 Å². The summed E-state index contributed by atoms with van der Waals surface area (Å²) in [5.74, 6) is -3.90. The van der Waals surface area contributed by atoms with E-state index in [9.17, 15) is 23.2 Å². The number of ether oxygens (including phenoxy) is 1. The minimum Gasteiger partial charge on any atom is -0.458 e. The van der Waals surface area contributed by atoms with E-state index in [0.717, 1.165) is 30.0 Å². The summed E-state index contributed by atoms with van der Waals surface area (Å²) < 4.78 is 34.4. The predicted octanol–water partition coefficient (Wildman–Crippen LogP) is 6.49. The molecule has 202 valence electrons. The average Bonchev–Trinajstić information content (AvgIpc) is 2.84. The lowest BCUT2D eigenvalue weighted by Crippen LogP contribution is -2.50. The van der Waals surface area contributed by atoms with Gasteiger partial charge in [-0.25, -0.2) is 13.6 Å². The minimum absolute atomic E-state index is 0.172. The van der Waals surface area contributed by atoms with Crippen LogP contribution < -0.4 is 0 Å². The van der Waals surface area contributed by atoms with Crippen molar-refractivity contribution in [2.75, 3.05) is 25.0 Å². The van der Waals surface area contributed by atoms with Crippen LogP contribution in [0.15, 0.2) is 42.5 Å². The summed E-state index contributed by atoms with van der Waals surface area (Å²) in [6.07, 6.45) is 1.69. The highest BCUT2D eigenvalue weighted by atomic mass is 35.5. The Bertz CT molecular complexity index is 1090. The Balaban J connectivity index is 2.44. The van der Waals surface area contributed by atoms with Gasteiger partial charge >= 0.3 is 5.97 Å². The molecule has 0 aliphatic carbocycles. The zero-order chi connectivity index (χ0) is 27.8. The van der Waals surface area contributed by atoms with Crippen molar-refractivity contribution in [3.63, 3.8) is 0 Å². The number of hydrogen-bond donors (Lipinski definition) is 0. The Morgan fingerprint density at radius 2 is 1.65 bits per heavy atom. The van der Waals surface area contributed by atoms with Crippen LogP contribution in [0, 0.1) is 11.6 Å². The van der Waals surface area contributed by atoms with Crippen molar-refractivity contribution < 1.29 is 27.9 Å². The van der Waals surface area contributed by atoms with Crippen molar-refractivity contribution in [1.29, 1.82) is 0 Å². The lowest BCUT2D eigenvalue weighted by Gasteiger charge is -2.33. The maximum atomic E-state index is 14.5. The van der Waals surface area contributed by atoms with Crippen LogP contribution in [0.3, 0.4) is 0 Å².